The van der Waals surface area contributed by atoms with Gasteiger partial charge in [-0.05, 0) is 72.1 Å². The van der Waals surface area contributed by atoms with Crippen molar-refractivity contribution in [2.75, 3.05) is 17.3 Å². The summed E-state index contributed by atoms with van der Waals surface area (Å²) in [5.41, 5.74) is 2.19. The second-order valence-corrected chi connectivity index (χ2v) is 12.5. The topological polar surface area (TPSA) is 145 Å². The molecule has 0 aliphatic carbocycles. The molecule has 0 saturated carbocycles. The summed E-state index contributed by atoms with van der Waals surface area (Å²) in [6.45, 7) is 0.862. The fraction of sp³-hybridized carbons (Fsp3) is 0.222. The van der Waals surface area contributed by atoms with Crippen molar-refractivity contribution < 1.29 is 42.9 Å². The van der Waals surface area contributed by atoms with Gasteiger partial charge in [0.2, 0.25) is 11.8 Å². The van der Waals surface area contributed by atoms with Crippen LogP contribution < -0.4 is 20.3 Å². The van der Waals surface area contributed by atoms with Crippen LogP contribution in [-0.2, 0) is 19.2 Å². The highest BCUT2D eigenvalue weighted by molar-refractivity contribution is 8.00. The van der Waals surface area contributed by atoms with Crippen LogP contribution in [0, 0.1) is 11.6 Å². The number of halogens is 2. The molecule has 0 spiro atoms. The Hall–Kier alpha value is -5.27. The van der Waals surface area contributed by atoms with E-state index in [2.05, 4.69) is 10.6 Å². The van der Waals surface area contributed by atoms with Crippen LogP contribution in [-0.4, -0.2) is 57.6 Å². The molecule has 5 atom stereocenters. The van der Waals surface area contributed by atoms with E-state index < -0.39 is 65.5 Å². The average Bonchev–Trinajstić information content (AvgIpc) is 3.10. The highest BCUT2D eigenvalue weighted by atomic mass is 32.2. The smallest absolute Gasteiger partial charge is 0.325 e. The second-order valence-electron chi connectivity index (χ2n) is 11.3. The number of aliphatic hydroxyl groups is 1. The average molecular weight is 690 g/mol. The van der Waals surface area contributed by atoms with Gasteiger partial charge in [0.05, 0.1) is 12.1 Å². The van der Waals surface area contributed by atoms with Gasteiger partial charge in [0.15, 0.2) is 6.61 Å². The van der Waals surface area contributed by atoms with E-state index in [1.54, 1.807) is 59.5 Å². The van der Waals surface area contributed by atoms with Gasteiger partial charge in [-0.2, -0.15) is 0 Å². The molecular formula is C36H33F2N3O7S. The number of ether oxygens (including phenoxy) is 1. The van der Waals surface area contributed by atoms with Crippen LogP contribution >= 0.6 is 11.8 Å². The van der Waals surface area contributed by atoms with E-state index in [0.29, 0.717) is 22.6 Å². The Bertz CT molecular complexity index is 1780. The molecule has 4 N–H and O–H groups in total. The van der Waals surface area contributed by atoms with Crippen LogP contribution in [0.1, 0.15) is 41.8 Å². The number of thioether (sulfide) groups is 1. The lowest BCUT2D eigenvalue weighted by Gasteiger charge is -2.47. The van der Waals surface area contributed by atoms with Crippen molar-refractivity contribution in [3.05, 3.63) is 131 Å². The lowest BCUT2D eigenvalue weighted by molar-refractivity contribution is -0.141. The third kappa shape index (κ3) is 8.61. The van der Waals surface area contributed by atoms with Crippen LogP contribution in [0.25, 0.3) is 0 Å². The third-order valence-corrected chi connectivity index (χ3v) is 9.19. The molecule has 0 bridgehead atoms. The number of carboxylic acid groups (broad SMARTS) is 1. The van der Waals surface area contributed by atoms with E-state index >= 15 is 0 Å². The number of aliphatic carboxylic acids is 1. The predicted octanol–water partition coefficient (Wildman–Crippen LogP) is 4.71. The Morgan fingerprint density at radius 1 is 0.857 bits per heavy atom. The molecule has 1 aliphatic rings. The molecule has 10 nitrogen and oxygen atoms in total. The summed E-state index contributed by atoms with van der Waals surface area (Å²) in [5, 5.41) is 24.2. The van der Waals surface area contributed by atoms with Gasteiger partial charge in [0.25, 0.3) is 5.91 Å². The molecule has 1 unspecified atom stereocenters. The fourth-order valence-electron chi connectivity index (χ4n) is 5.23. The number of carbonyl (C=O) groups excluding carboxylic acids is 3. The maximum atomic E-state index is 13.7. The van der Waals surface area contributed by atoms with Crippen molar-refractivity contribution in [3.63, 3.8) is 0 Å². The molecule has 5 rings (SSSR count). The number of anilines is 1. The van der Waals surface area contributed by atoms with Crippen LogP contribution in [0.15, 0.2) is 103 Å². The first-order chi connectivity index (χ1) is 23.5. The molecule has 3 amide bonds. The Kier molecular flexibility index (Phi) is 11.3. The fourth-order valence-corrected chi connectivity index (χ4v) is 6.53. The van der Waals surface area contributed by atoms with Crippen LogP contribution in [0.3, 0.4) is 0 Å². The van der Waals surface area contributed by atoms with Gasteiger partial charge in [-0.25, -0.2) is 8.78 Å². The molecular weight excluding hydrogens is 656 g/mol. The predicted molar refractivity (Wildman–Crippen MR) is 179 cm³/mol. The molecule has 49 heavy (non-hydrogen) atoms. The van der Waals surface area contributed by atoms with Crippen LogP contribution in [0.5, 0.6) is 5.75 Å². The van der Waals surface area contributed by atoms with Crippen LogP contribution in [0.4, 0.5) is 14.5 Å². The first-order valence-corrected chi connectivity index (χ1v) is 16.3. The summed E-state index contributed by atoms with van der Waals surface area (Å²) in [6, 6.07) is 23.3. The molecule has 1 heterocycles. The van der Waals surface area contributed by atoms with Crippen molar-refractivity contribution >= 4 is 41.1 Å². The number of hydrogen-bond acceptors (Lipinski definition) is 7. The number of hydrogen-bond donors (Lipinski definition) is 4. The molecule has 4 aromatic rings. The molecule has 0 aromatic heterocycles. The van der Waals surface area contributed by atoms with E-state index in [-0.39, 0.29) is 11.7 Å². The van der Waals surface area contributed by atoms with Gasteiger partial charge < -0.3 is 30.5 Å². The minimum Gasteiger partial charge on any atom is -0.484 e. The SMILES string of the molecule is C[C@@H](NC(=O)[C@@H](NC(=O)COc1ccc([C@@H]2[C@H](SCC(O)c3ccc(F)cc3)C(=O)N2c2ccc(F)cc2)cc1)c1ccccc1)C(=O)O. The number of rotatable bonds is 14. The highest BCUT2D eigenvalue weighted by Crippen LogP contribution is 2.46. The van der Waals surface area contributed by atoms with E-state index in [4.69, 9.17) is 4.74 Å². The summed E-state index contributed by atoms with van der Waals surface area (Å²) >= 11 is 1.25. The number of benzene rings is 4. The number of carboxylic acids is 1. The number of nitrogens with zero attached hydrogens (tertiary/aromatic N) is 1. The van der Waals surface area contributed by atoms with Crippen molar-refractivity contribution in [1.82, 2.24) is 10.6 Å². The quantitative estimate of drug-likeness (QED) is 0.139. The second kappa shape index (κ2) is 15.8. The van der Waals surface area contributed by atoms with Gasteiger partial charge in [0.1, 0.15) is 34.7 Å². The lowest BCUT2D eigenvalue weighted by Crippen LogP contribution is -2.57. The van der Waals surface area contributed by atoms with Crippen molar-refractivity contribution in [2.24, 2.45) is 0 Å². The number of aliphatic hydroxyl groups excluding tert-OH is 1. The number of carbonyl (C=O) groups is 4. The molecule has 4 aromatic carbocycles. The first kappa shape index (κ1) is 35.0. The van der Waals surface area contributed by atoms with Gasteiger partial charge >= 0.3 is 5.97 Å². The number of nitrogens with one attached hydrogen (secondary N) is 2. The van der Waals surface area contributed by atoms with Gasteiger partial charge in [-0.15, -0.1) is 11.8 Å². The molecule has 1 aliphatic heterocycles. The van der Waals surface area contributed by atoms with Gasteiger partial charge in [0, 0.05) is 11.4 Å². The summed E-state index contributed by atoms with van der Waals surface area (Å²) in [5.74, 6) is -3.14. The van der Waals surface area contributed by atoms with Crippen molar-refractivity contribution in [2.45, 2.75) is 36.4 Å². The van der Waals surface area contributed by atoms with E-state index in [1.165, 1.54) is 67.2 Å². The normalized spacial score (nSPS) is 17.3. The van der Waals surface area contributed by atoms with Gasteiger partial charge in [-0.1, -0.05) is 54.6 Å². The van der Waals surface area contributed by atoms with Crippen LogP contribution in [0.2, 0.25) is 0 Å². The number of β-lactam (4-membered cyclic amide) rings is 1. The Morgan fingerprint density at radius 2 is 1.47 bits per heavy atom. The van der Waals surface area contributed by atoms with Gasteiger partial charge in [-0.3, -0.25) is 19.2 Å². The molecule has 13 heteroatoms. The zero-order valence-corrected chi connectivity index (χ0v) is 27.0. The van der Waals surface area contributed by atoms with Crippen molar-refractivity contribution in [1.29, 1.82) is 0 Å². The molecule has 1 saturated heterocycles. The van der Waals surface area contributed by atoms with Crippen molar-refractivity contribution in [3.8, 4) is 5.75 Å². The zero-order chi connectivity index (χ0) is 35.1. The van der Waals surface area contributed by atoms with E-state index in [9.17, 15) is 38.2 Å². The minimum atomic E-state index is -1.22. The Morgan fingerprint density at radius 3 is 2.08 bits per heavy atom. The Balaban J connectivity index is 1.26. The largest absolute Gasteiger partial charge is 0.484 e. The third-order valence-electron chi connectivity index (χ3n) is 7.86. The lowest BCUT2D eigenvalue weighted by atomic mass is 9.92. The van der Waals surface area contributed by atoms with E-state index in [0.717, 1.165) is 5.56 Å². The first-order valence-electron chi connectivity index (χ1n) is 15.3. The standard InChI is InChI=1S/C36H33F2N3O7S/c1-21(36(46)47)39-34(44)31(23-5-3-2-4-6-23)40-30(43)19-48-28-17-9-24(10-18-28)32-33(35(45)41(32)27-15-13-26(38)14-16-27)49-20-29(42)22-7-11-25(37)12-8-22/h2-18,21,29,31-33,42H,19-20H2,1H3,(H,39,44)(H,40,43)(H,46,47)/t21-,29?,31+,32-,33+/m1/s1. The molecule has 0 radical (unpaired) electrons. The molecule has 254 valence electrons. The summed E-state index contributed by atoms with van der Waals surface area (Å²) in [7, 11) is 0. The summed E-state index contributed by atoms with van der Waals surface area (Å²) in [4.78, 5) is 51.9. The number of amides is 3. The summed E-state index contributed by atoms with van der Waals surface area (Å²) in [6.07, 6.45) is -0.936. The Labute approximate surface area is 285 Å². The maximum Gasteiger partial charge on any atom is 0.325 e. The molecule has 1 fully saturated rings. The summed E-state index contributed by atoms with van der Waals surface area (Å²) < 4.78 is 32.7. The zero-order valence-electron chi connectivity index (χ0n) is 26.2. The van der Waals surface area contributed by atoms with E-state index in [1.807, 2.05) is 0 Å². The highest BCUT2D eigenvalue weighted by Gasteiger charge is 2.49. The minimum absolute atomic E-state index is 0.170. The monoisotopic (exact) mass is 689 g/mol. The maximum absolute atomic E-state index is 13.7.